The van der Waals surface area contributed by atoms with Gasteiger partial charge in [-0.2, -0.15) is 5.26 Å². The Morgan fingerprint density at radius 2 is 1.84 bits per heavy atom. The predicted molar refractivity (Wildman–Crippen MR) is 76.4 cm³/mol. The maximum Gasteiger partial charge on any atom is 0.138 e. The lowest BCUT2D eigenvalue weighted by Gasteiger charge is -2.12. The van der Waals surface area contributed by atoms with E-state index in [9.17, 15) is 0 Å². The topological polar surface area (TPSA) is 33.0 Å². The molecule has 19 heavy (non-hydrogen) atoms. The minimum Gasteiger partial charge on any atom is -0.487 e. The van der Waals surface area contributed by atoms with Crippen molar-refractivity contribution in [3.63, 3.8) is 0 Å². The Bertz CT molecular complexity index is 623. The monoisotopic (exact) mass is 271 g/mol. The number of aryl methyl sites for hydroxylation is 2. The van der Waals surface area contributed by atoms with E-state index in [1.165, 1.54) is 16.7 Å². The number of ether oxygens (including phenoxy) is 1. The molecule has 2 aromatic rings. The van der Waals surface area contributed by atoms with Crippen LogP contribution < -0.4 is 4.74 Å². The molecular weight excluding hydrogens is 258 g/mol. The number of hydrogen-bond acceptors (Lipinski definition) is 2. The Kier molecular flexibility index (Phi) is 4.09. The molecule has 0 aliphatic carbocycles. The standard InChI is InChI=1S/C16H14ClNO/c1-11-4-3-5-12(2)14(11)10-19-16-7-6-13(9-18)8-15(16)17/h3-8H,10H2,1-2H3. The van der Waals surface area contributed by atoms with Crippen molar-refractivity contribution in [1.82, 2.24) is 0 Å². The van der Waals surface area contributed by atoms with Gasteiger partial charge in [-0.15, -0.1) is 0 Å². The molecule has 0 N–H and O–H groups in total. The number of benzene rings is 2. The van der Waals surface area contributed by atoms with Gasteiger partial charge in [0.25, 0.3) is 0 Å². The van der Waals surface area contributed by atoms with Crippen molar-refractivity contribution in [3.05, 3.63) is 63.7 Å². The SMILES string of the molecule is Cc1cccc(C)c1COc1ccc(C#N)cc1Cl. The third-order valence-corrected chi connectivity index (χ3v) is 3.37. The molecule has 0 saturated carbocycles. The van der Waals surface area contributed by atoms with Gasteiger partial charge >= 0.3 is 0 Å². The van der Waals surface area contributed by atoms with Gasteiger partial charge in [0.05, 0.1) is 16.7 Å². The van der Waals surface area contributed by atoms with Crippen LogP contribution in [-0.4, -0.2) is 0 Å². The van der Waals surface area contributed by atoms with Gasteiger partial charge in [0.1, 0.15) is 12.4 Å². The molecule has 0 amide bonds. The van der Waals surface area contributed by atoms with Crippen LogP contribution in [0.4, 0.5) is 0 Å². The van der Waals surface area contributed by atoms with Crippen molar-refractivity contribution in [2.75, 3.05) is 0 Å². The van der Waals surface area contributed by atoms with Crippen LogP contribution in [0.3, 0.4) is 0 Å². The van der Waals surface area contributed by atoms with Crippen molar-refractivity contribution in [2.24, 2.45) is 0 Å². The highest BCUT2D eigenvalue weighted by Gasteiger charge is 2.06. The van der Waals surface area contributed by atoms with E-state index in [1.807, 2.05) is 12.1 Å². The van der Waals surface area contributed by atoms with Crippen LogP contribution >= 0.6 is 11.6 Å². The largest absolute Gasteiger partial charge is 0.487 e. The van der Waals surface area contributed by atoms with E-state index >= 15 is 0 Å². The van der Waals surface area contributed by atoms with Crippen LogP contribution in [0.15, 0.2) is 36.4 Å². The van der Waals surface area contributed by atoms with Crippen LogP contribution in [0.1, 0.15) is 22.3 Å². The Hall–Kier alpha value is -1.98. The summed E-state index contributed by atoms with van der Waals surface area (Å²) in [6, 6.07) is 13.2. The molecule has 0 saturated heterocycles. The van der Waals surface area contributed by atoms with Gasteiger partial charge in [0, 0.05) is 0 Å². The van der Waals surface area contributed by atoms with Crippen LogP contribution in [0, 0.1) is 25.2 Å². The predicted octanol–water partition coefficient (Wildman–Crippen LogP) is 4.41. The van der Waals surface area contributed by atoms with Gasteiger partial charge in [0.2, 0.25) is 0 Å². The molecule has 0 aliphatic rings. The average Bonchev–Trinajstić information content (AvgIpc) is 2.39. The molecule has 0 aromatic heterocycles. The maximum absolute atomic E-state index is 8.78. The summed E-state index contributed by atoms with van der Waals surface area (Å²) in [7, 11) is 0. The first-order valence-electron chi connectivity index (χ1n) is 5.99. The summed E-state index contributed by atoms with van der Waals surface area (Å²) in [6.07, 6.45) is 0. The first-order chi connectivity index (χ1) is 9.11. The van der Waals surface area contributed by atoms with Crippen LogP contribution in [0.5, 0.6) is 5.75 Å². The van der Waals surface area contributed by atoms with Crippen molar-refractivity contribution in [2.45, 2.75) is 20.5 Å². The Morgan fingerprint density at radius 3 is 2.42 bits per heavy atom. The van der Waals surface area contributed by atoms with E-state index in [-0.39, 0.29) is 0 Å². The molecular formula is C16H14ClNO. The molecule has 0 heterocycles. The fourth-order valence-corrected chi connectivity index (χ4v) is 2.15. The zero-order valence-corrected chi connectivity index (χ0v) is 11.7. The lowest BCUT2D eigenvalue weighted by atomic mass is 10.0. The molecule has 0 spiro atoms. The van der Waals surface area contributed by atoms with E-state index in [0.29, 0.717) is 22.9 Å². The number of halogens is 1. The van der Waals surface area contributed by atoms with Crippen molar-refractivity contribution in [3.8, 4) is 11.8 Å². The lowest BCUT2D eigenvalue weighted by Crippen LogP contribution is -2.01. The first-order valence-corrected chi connectivity index (χ1v) is 6.37. The quantitative estimate of drug-likeness (QED) is 0.828. The van der Waals surface area contributed by atoms with E-state index in [2.05, 4.69) is 26.0 Å². The Morgan fingerprint density at radius 1 is 1.16 bits per heavy atom. The summed E-state index contributed by atoms with van der Waals surface area (Å²) >= 11 is 6.08. The maximum atomic E-state index is 8.78. The van der Waals surface area contributed by atoms with Crippen molar-refractivity contribution < 1.29 is 4.74 Å². The molecule has 0 atom stereocenters. The zero-order chi connectivity index (χ0) is 13.8. The molecule has 96 valence electrons. The molecule has 0 unspecified atom stereocenters. The fourth-order valence-electron chi connectivity index (χ4n) is 1.91. The molecule has 2 aromatic carbocycles. The zero-order valence-electron chi connectivity index (χ0n) is 10.9. The second kappa shape index (κ2) is 5.77. The average molecular weight is 272 g/mol. The highest BCUT2D eigenvalue weighted by Crippen LogP contribution is 2.26. The van der Waals surface area contributed by atoms with E-state index in [4.69, 9.17) is 21.6 Å². The van der Waals surface area contributed by atoms with E-state index < -0.39 is 0 Å². The van der Waals surface area contributed by atoms with Crippen LogP contribution in [-0.2, 0) is 6.61 Å². The third-order valence-electron chi connectivity index (χ3n) is 3.08. The second-order valence-corrected chi connectivity index (χ2v) is 4.82. The highest BCUT2D eigenvalue weighted by molar-refractivity contribution is 6.32. The van der Waals surface area contributed by atoms with E-state index in [1.54, 1.807) is 18.2 Å². The van der Waals surface area contributed by atoms with Gasteiger partial charge in [-0.25, -0.2) is 0 Å². The molecule has 0 fully saturated rings. The minimum absolute atomic E-state index is 0.463. The summed E-state index contributed by atoms with van der Waals surface area (Å²) in [5.74, 6) is 0.600. The summed E-state index contributed by atoms with van der Waals surface area (Å²) < 4.78 is 5.74. The summed E-state index contributed by atoms with van der Waals surface area (Å²) in [4.78, 5) is 0. The summed E-state index contributed by atoms with van der Waals surface area (Å²) in [5, 5.41) is 9.25. The van der Waals surface area contributed by atoms with Crippen LogP contribution in [0.25, 0.3) is 0 Å². The van der Waals surface area contributed by atoms with Crippen molar-refractivity contribution >= 4 is 11.6 Å². The van der Waals surface area contributed by atoms with Crippen LogP contribution in [0.2, 0.25) is 5.02 Å². The highest BCUT2D eigenvalue weighted by atomic mass is 35.5. The normalized spacial score (nSPS) is 10.0. The van der Waals surface area contributed by atoms with E-state index in [0.717, 1.165) is 0 Å². The van der Waals surface area contributed by atoms with Gasteiger partial charge < -0.3 is 4.74 Å². The molecule has 2 rings (SSSR count). The van der Waals surface area contributed by atoms with Gasteiger partial charge in [0.15, 0.2) is 0 Å². The van der Waals surface area contributed by atoms with Gasteiger partial charge in [-0.05, 0) is 48.7 Å². The first kappa shape index (κ1) is 13.5. The third kappa shape index (κ3) is 3.07. The molecule has 3 heteroatoms. The number of hydrogen-bond donors (Lipinski definition) is 0. The van der Waals surface area contributed by atoms with Gasteiger partial charge in [-0.3, -0.25) is 0 Å². The fraction of sp³-hybridized carbons (Fsp3) is 0.188. The van der Waals surface area contributed by atoms with Gasteiger partial charge in [-0.1, -0.05) is 29.8 Å². The molecule has 0 bridgehead atoms. The van der Waals surface area contributed by atoms with Crippen molar-refractivity contribution in [1.29, 1.82) is 5.26 Å². The molecule has 0 radical (unpaired) electrons. The lowest BCUT2D eigenvalue weighted by molar-refractivity contribution is 0.305. The Labute approximate surface area is 118 Å². The summed E-state index contributed by atoms with van der Waals surface area (Å²) in [5.41, 5.74) is 4.10. The number of rotatable bonds is 3. The molecule has 2 nitrogen and oxygen atoms in total. The summed E-state index contributed by atoms with van der Waals surface area (Å²) in [6.45, 7) is 4.60. The number of nitriles is 1. The Balaban J connectivity index is 2.17. The minimum atomic E-state index is 0.463. The molecule has 0 aliphatic heterocycles. The second-order valence-electron chi connectivity index (χ2n) is 4.42. The smallest absolute Gasteiger partial charge is 0.138 e. The number of nitrogens with zero attached hydrogens (tertiary/aromatic N) is 1.